The topological polar surface area (TPSA) is 88.0 Å². The Labute approximate surface area is 167 Å². The first kappa shape index (κ1) is 18.4. The highest BCUT2D eigenvalue weighted by molar-refractivity contribution is 5.98. The van der Waals surface area contributed by atoms with Crippen molar-refractivity contribution in [2.75, 3.05) is 6.54 Å². The fourth-order valence-corrected chi connectivity index (χ4v) is 3.59. The summed E-state index contributed by atoms with van der Waals surface area (Å²) in [5.74, 6) is -0.558. The van der Waals surface area contributed by atoms with Crippen molar-refractivity contribution in [2.24, 2.45) is 0 Å². The molecule has 1 heterocycles. The number of carbonyl (C=O) groups excluding carboxylic acids is 1. The number of nitrogens with one attached hydrogen (secondary N) is 2. The maximum atomic E-state index is 12.7. The zero-order valence-corrected chi connectivity index (χ0v) is 15.5. The van der Waals surface area contributed by atoms with E-state index < -0.39 is 10.8 Å². The van der Waals surface area contributed by atoms with Crippen LogP contribution in [0.25, 0.3) is 10.9 Å². The molecule has 0 aliphatic heterocycles. The minimum absolute atomic E-state index is 0.0586. The molecule has 0 saturated carbocycles. The van der Waals surface area contributed by atoms with Crippen molar-refractivity contribution >= 4 is 22.5 Å². The standard InChI is InChI=1S/C23H19N3O3/c27-23(18-11-5-7-13-22(18)26(28)29)25-14-19(16-8-2-1-3-9-16)20-15-24-21-12-6-4-10-17(20)21/h1-13,15,19,24H,14H2,(H,25,27). The summed E-state index contributed by atoms with van der Waals surface area (Å²) in [7, 11) is 0. The van der Waals surface area contributed by atoms with Crippen LogP contribution in [0, 0.1) is 10.1 Å². The lowest BCUT2D eigenvalue weighted by molar-refractivity contribution is -0.385. The molecule has 6 nitrogen and oxygen atoms in total. The van der Waals surface area contributed by atoms with Crippen LogP contribution in [-0.2, 0) is 0 Å². The number of amides is 1. The van der Waals surface area contributed by atoms with Gasteiger partial charge >= 0.3 is 0 Å². The van der Waals surface area contributed by atoms with Crippen LogP contribution in [0.1, 0.15) is 27.4 Å². The van der Waals surface area contributed by atoms with E-state index in [4.69, 9.17) is 0 Å². The molecule has 0 bridgehead atoms. The fraction of sp³-hybridized carbons (Fsp3) is 0.0870. The average Bonchev–Trinajstić information content (AvgIpc) is 3.18. The molecule has 1 aromatic heterocycles. The number of para-hydroxylation sites is 2. The van der Waals surface area contributed by atoms with Crippen molar-refractivity contribution in [2.45, 2.75) is 5.92 Å². The molecule has 4 rings (SSSR count). The lowest BCUT2D eigenvalue weighted by atomic mass is 9.91. The number of H-pyrrole nitrogens is 1. The molecular weight excluding hydrogens is 366 g/mol. The van der Waals surface area contributed by atoms with Gasteiger partial charge in [0.05, 0.1) is 4.92 Å². The summed E-state index contributed by atoms with van der Waals surface area (Å²) in [4.78, 5) is 26.7. The number of aromatic nitrogens is 1. The first-order chi connectivity index (χ1) is 14.1. The molecule has 3 aromatic carbocycles. The fourth-order valence-electron chi connectivity index (χ4n) is 3.59. The Bertz CT molecular complexity index is 1170. The Balaban J connectivity index is 1.65. The highest BCUT2D eigenvalue weighted by Crippen LogP contribution is 2.30. The predicted octanol–water partition coefficient (Wildman–Crippen LogP) is 4.64. The maximum Gasteiger partial charge on any atom is 0.282 e. The summed E-state index contributed by atoms with van der Waals surface area (Å²) in [6.07, 6.45) is 1.96. The SMILES string of the molecule is O=C(NCC(c1ccccc1)c1c[nH]c2ccccc12)c1ccccc1[N+](=O)[O-]. The predicted molar refractivity (Wildman–Crippen MR) is 112 cm³/mol. The van der Waals surface area contributed by atoms with Crippen molar-refractivity contribution in [3.63, 3.8) is 0 Å². The number of nitro groups is 1. The lowest BCUT2D eigenvalue weighted by Crippen LogP contribution is -2.29. The largest absolute Gasteiger partial charge is 0.361 e. The van der Waals surface area contributed by atoms with Gasteiger partial charge in [-0.3, -0.25) is 14.9 Å². The van der Waals surface area contributed by atoms with E-state index in [1.165, 1.54) is 12.1 Å². The molecule has 0 fully saturated rings. The lowest BCUT2D eigenvalue weighted by Gasteiger charge is -2.18. The Morgan fingerprint density at radius 2 is 1.66 bits per heavy atom. The van der Waals surface area contributed by atoms with Gasteiger partial charge in [-0.2, -0.15) is 0 Å². The highest BCUT2D eigenvalue weighted by atomic mass is 16.6. The molecule has 0 saturated heterocycles. The van der Waals surface area contributed by atoms with Gasteiger partial charge < -0.3 is 10.3 Å². The van der Waals surface area contributed by atoms with Crippen LogP contribution in [0.4, 0.5) is 5.69 Å². The molecule has 6 heteroatoms. The zero-order chi connectivity index (χ0) is 20.2. The van der Waals surface area contributed by atoms with E-state index in [9.17, 15) is 14.9 Å². The molecule has 0 aliphatic rings. The number of nitrogens with zero attached hydrogens (tertiary/aromatic N) is 1. The van der Waals surface area contributed by atoms with Crippen molar-refractivity contribution in [3.05, 3.63) is 112 Å². The van der Waals surface area contributed by atoms with E-state index in [0.717, 1.165) is 22.0 Å². The molecular formula is C23H19N3O3. The quantitative estimate of drug-likeness (QED) is 0.374. The van der Waals surface area contributed by atoms with E-state index in [1.807, 2.05) is 60.8 Å². The molecule has 29 heavy (non-hydrogen) atoms. The van der Waals surface area contributed by atoms with Gasteiger partial charge in [0.1, 0.15) is 5.56 Å². The van der Waals surface area contributed by atoms with Crippen LogP contribution < -0.4 is 5.32 Å². The van der Waals surface area contributed by atoms with E-state index in [2.05, 4.69) is 10.3 Å². The number of fused-ring (bicyclic) bond motifs is 1. The Morgan fingerprint density at radius 1 is 0.966 bits per heavy atom. The van der Waals surface area contributed by atoms with Gasteiger partial charge in [0.15, 0.2) is 0 Å². The summed E-state index contributed by atoms with van der Waals surface area (Å²) >= 11 is 0. The van der Waals surface area contributed by atoms with Gasteiger partial charge in [-0.05, 0) is 23.3 Å². The normalized spacial score (nSPS) is 11.9. The zero-order valence-electron chi connectivity index (χ0n) is 15.5. The smallest absolute Gasteiger partial charge is 0.282 e. The molecule has 1 unspecified atom stereocenters. The van der Waals surface area contributed by atoms with Gasteiger partial charge in [-0.25, -0.2) is 0 Å². The van der Waals surface area contributed by atoms with E-state index in [-0.39, 0.29) is 17.2 Å². The number of nitro benzene ring substituents is 1. The number of hydrogen-bond acceptors (Lipinski definition) is 3. The van der Waals surface area contributed by atoms with Crippen molar-refractivity contribution < 1.29 is 9.72 Å². The third kappa shape index (κ3) is 3.73. The highest BCUT2D eigenvalue weighted by Gasteiger charge is 2.22. The molecule has 1 amide bonds. The van der Waals surface area contributed by atoms with Gasteiger partial charge in [0, 0.05) is 35.6 Å². The number of aromatic amines is 1. The summed E-state index contributed by atoms with van der Waals surface area (Å²) in [6, 6.07) is 23.9. The third-order valence-corrected chi connectivity index (χ3v) is 5.01. The summed E-state index contributed by atoms with van der Waals surface area (Å²) < 4.78 is 0. The van der Waals surface area contributed by atoms with Crippen molar-refractivity contribution in [3.8, 4) is 0 Å². The second-order valence-corrected chi connectivity index (χ2v) is 6.74. The van der Waals surface area contributed by atoms with Crippen molar-refractivity contribution in [1.82, 2.24) is 10.3 Å². The minimum atomic E-state index is -0.538. The van der Waals surface area contributed by atoms with Crippen LogP contribution in [0.3, 0.4) is 0 Å². The number of hydrogen-bond donors (Lipinski definition) is 2. The second kappa shape index (κ2) is 7.98. The van der Waals surface area contributed by atoms with Gasteiger partial charge in [-0.15, -0.1) is 0 Å². The number of benzene rings is 3. The first-order valence-electron chi connectivity index (χ1n) is 9.27. The number of carbonyl (C=O) groups is 1. The van der Waals surface area contributed by atoms with Crippen LogP contribution >= 0.6 is 0 Å². The maximum absolute atomic E-state index is 12.7. The molecule has 1 atom stereocenters. The monoisotopic (exact) mass is 385 g/mol. The van der Waals surface area contributed by atoms with Crippen LogP contribution in [0.15, 0.2) is 85.1 Å². The molecule has 0 radical (unpaired) electrons. The van der Waals surface area contributed by atoms with Crippen LogP contribution in [0.2, 0.25) is 0 Å². The Morgan fingerprint density at radius 3 is 2.45 bits per heavy atom. The van der Waals surface area contributed by atoms with Crippen LogP contribution in [-0.4, -0.2) is 22.4 Å². The minimum Gasteiger partial charge on any atom is -0.361 e. The van der Waals surface area contributed by atoms with Gasteiger partial charge in [0.25, 0.3) is 11.6 Å². The summed E-state index contributed by atoms with van der Waals surface area (Å²) in [6.45, 7) is 0.316. The van der Waals surface area contributed by atoms with Gasteiger partial charge in [-0.1, -0.05) is 60.7 Å². The molecule has 4 aromatic rings. The average molecular weight is 385 g/mol. The molecule has 0 spiro atoms. The van der Waals surface area contributed by atoms with E-state index >= 15 is 0 Å². The van der Waals surface area contributed by atoms with Crippen LogP contribution in [0.5, 0.6) is 0 Å². The molecule has 2 N–H and O–H groups in total. The Hall–Kier alpha value is -3.93. The Kier molecular flexibility index (Phi) is 5.07. The first-order valence-corrected chi connectivity index (χ1v) is 9.27. The summed E-state index contributed by atoms with van der Waals surface area (Å²) in [5, 5.41) is 15.2. The summed E-state index contributed by atoms with van der Waals surface area (Å²) in [5.41, 5.74) is 3.00. The number of rotatable bonds is 6. The van der Waals surface area contributed by atoms with Crippen molar-refractivity contribution in [1.29, 1.82) is 0 Å². The molecule has 144 valence electrons. The third-order valence-electron chi connectivity index (χ3n) is 5.01. The second-order valence-electron chi connectivity index (χ2n) is 6.74. The van der Waals surface area contributed by atoms with E-state index in [1.54, 1.807) is 12.1 Å². The molecule has 0 aliphatic carbocycles. The van der Waals surface area contributed by atoms with Gasteiger partial charge in [0.2, 0.25) is 0 Å². The van der Waals surface area contributed by atoms with E-state index in [0.29, 0.717) is 6.54 Å².